The Morgan fingerprint density at radius 3 is 2.20 bits per heavy atom. The van der Waals surface area contributed by atoms with Gasteiger partial charge < -0.3 is 10.2 Å². The molecule has 0 spiro atoms. The van der Waals surface area contributed by atoms with Crippen LogP contribution in [0.5, 0.6) is 0 Å². The van der Waals surface area contributed by atoms with E-state index in [9.17, 15) is 8.78 Å². The van der Waals surface area contributed by atoms with Crippen LogP contribution in [0.25, 0.3) is 0 Å². The monoisotopic (exact) mass is 152 g/mol. The first-order chi connectivity index (χ1) is 4.51. The van der Waals surface area contributed by atoms with Crippen LogP contribution >= 0.6 is 0 Å². The molecule has 0 saturated heterocycles. The summed E-state index contributed by atoms with van der Waals surface area (Å²) in [7, 11) is 0. The van der Waals surface area contributed by atoms with E-state index in [1.165, 1.54) is 0 Å². The average Bonchev–Trinajstić information content (AvgIpc) is 1.79. The van der Waals surface area contributed by atoms with Gasteiger partial charge in [0.2, 0.25) is 0 Å². The van der Waals surface area contributed by atoms with Crippen LogP contribution in [0.15, 0.2) is 0 Å². The lowest BCUT2D eigenvalue weighted by molar-refractivity contribution is -0.121. The van der Waals surface area contributed by atoms with Crippen molar-refractivity contribution in [2.24, 2.45) is 0 Å². The molecule has 0 aliphatic heterocycles. The zero-order valence-corrected chi connectivity index (χ0v) is 5.43. The van der Waals surface area contributed by atoms with Crippen molar-refractivity contribution in [3.05, 3.63) is 0 Å². The second-order valence-corrected chi connectivity index (χ2v) is 2.73. The van der Waals surface area contributed by atoms with Gasteiger partial charge in [-0.15, -0.1) is 0 Å². The molecule has 1 fully saturated rings. The molecule has 0 bridgehead atoms. The van der Waals surface area contributed by atoms with Gasteiger partial charge in [0.05, 0.1) is 12.2 Å². The lowest BCUT2D eigenvalue weighted by Crippen LogP contribution is -2.39. The predicted octanol–water partition coefficient (Wildman–Crippen LogP) is 0.527. The predicted molar refractivity (Wildman–Crippen MR) is 30.8 cm³/mol. The zero-order chi connectivity index (χ0) is 7.78. The van der Waals surface area contributed by atoms with Crippen molar-refractivity contribution in [1.29, 1.82) is 0 Å². The summed E-state index contributed by atoms with van der Waals surface area (Å²) < 4.78 is 24.7. The molecule has 60 valence electrons. The summed E-state index contributed by atoms with van der Waals surface area (Å²) in [5.41, 5.74) is 0. The molecule has 0 aromatic rings. The van der Waals surface area contributed by atoms with Crippen molar-refractivity contribution < 1.29 is 19.0 Å². The fourth-order valence-electron chi connectivity index (χ4n) is 1.10. The highest BCUT2D eigenvalue weighted by Gasteiger charge is 2.39. The first-order valence-corrected chi connectivity index (χ1v) is 3.25. The maximum Gasteiger partial charge on any atom is 0.250 e. The van der Waals surface area contributed by atoms with Crippen LogP contribution in [0.4, 0.5) is 8.78 Å². The van der Waals surface area contributed by atoms with E-state index in [-0.39, 0.29) is 12.8 Å². The number of aliphatic hydroxyl groups excluding tert-OH is 2. The zero-order valence-electron chi connectivity index (χ0n) is 5.43. The van der Waals surface area contributed by atoms with Crippen molar-refractivity contribution in [1.82, 2.24) is 0 Å². The first-order valence-electron chi connectivity index (χ1n) is 3.25. The quantitative estimate of drug-likeness (QED) is 0.531. The summed E-state index contributed by atoms with van der Waals surface area (Å²) in [6.45, 7) is 0. The fourth-order valence-corrected chi connectivity index (χ4v) is 1.10. The number of hydrogen-bond acceptors (Lipinski definition) is 2. The van der Waals surface area contributed by atoms with Gasteiger partial charge in [0.15, 0.2) is 0 Å². The molecule has 1 aliphatic rings. The van der Waals surface area contributed by atoms with E-state index < -0.39 is 24.6 Å². The summed E-state index contributed by atoms with van der Waals surface area (Å²) in [6.07, 6.45) is -3.13. The van der Waals surface area contributed by atoms with Gasteiger partial charge in [0.1, 0.15) is 0 Å². The molecule has 2 unspecified atom stereocenters. The van der Waals surface area contributed by atoms with E-state index in [1.54, 1.807) is 0 Å². The van der Waals surface area contributed by atoms with Crippen molar-refractivity contribution in [3.8, 4) is 0 Å². The number of hydrogen-bond donors (Lipinski definition) is 2. The van der Waals surface area contributed by atoms with E-state index in [4.69, 9.17) is 10.2 Å². The molecule has 2 nitrogen and oxygen atoms in total. The molecule has 1 saturated carbocycles. The molecule has 10 heavy (non-hydrogen) atoms. The molecule has 0 aromatic carbocycles. The van der Waals surface area contributed by atoms with Gasteiger partial charge in [-0.25, -0.2) is 8.78 Å². The molecule has 2 atom stereocenters. The normalized spacial score (nSPS) is 39.6. The molecule has 0 aromatic heterocycles. The largest absolute Gasteiger partial charge is 0.390 e. The van der Waals surface area contributed by atoms with Crippen molar-refractivity contribution >= 4 is 0 Å². The molecule has 4 heteroatoms. The third-order valence-electron chi connectivity index (χ3n) is 1.76. The van der Waals surface area contributed by atoms with Gasteiger partial charge >= 0.3 is 0 Å². The Morgan fingerprint density at radius 2 is 1.80 bits per heavy atom. The second-order valence-electron chi connectivity index (χ2n) is 2.73. The highest BCUT2D eigenvalue weighted by molar-refractivity contribution is 4.83. The van der Waals surface area contributed by atoms with Gasteiger partial charge in [-0.1, -0.05) is 0 Å². The Balaban J connectivity index is 2.49. The van der Waals surface area contributed by atoms with Crippen LogP contribution in [0.2, 0.25) is 0 Å². The molecular formula is C6H10F2O2. The van der Waals surface area contributed by atoms with E-state index in [2.05, 4.69) is 0 Å². The minimum Gasteiger partial charge on any atom is -0.390 e. The third kappa shape index (κ3) is 1.64. The Hall–Kier alpha value is -0.220. The average molecular weight is 152 g/mol. The first kappa shape index (κ1) is 7.88. The Labute approximate surface area is 57.5 Å². The Morgan fingerprint density at radius 1 is 1.20 bits per heavy atom. The van der Waals surface area contributed by atoms with Crippen molar-refractivity contribution in [2.75, 3.05) is 0 Å². The lowest BCUT2D eigenvalue weighted by Gasteiger charge is -2.29. The number of aliphatic hydroxyl groups is 2. The minimum absolute atomic E-state index is 0.00579. The van der Waals surface area contributed by atoms with Crippen molar-refractivity contribution in [3.63, 3.8) is 0 Å². The van der Waals surface area contributed by atoms with E-state index in [0.717, 1.165) is 0 Å². The van der Waals surface area contributed by atoms with Crippen LogP contribution in [0.3, 0.4) is 0 Å². The SMILES string of the molecule is OC1CCC(F)(F)CC1O. The maximum absolute atomic E-state index is 12.4. The highest BCUT2D eigenvalue weighted by Crippen LogP contribution is 2.33. The Bertz CT molecular complexity index is 127. The molecule has 1 rings (SSSR count). The summed E-state index contributed by atoms with van der Waals surface area (Å²) in [5.74, 6) is -2.78. The molecule has 2 N–H and O–H groups in total. The molecule has 1 aliphatic carbocycles. The standard InChI is InChI=1S/C6H10F2O2/c7-6(8)2-1-4(9)5(10)3-6/h4-5,9-10H,1-3H2. The summed E-state index contributed by atoms with van der Waals surface area (Å²) >= 11 is 0. The molecule has 0 heterocycles. The lowest BCUT2D eigenvalue weighted by atomic mass is 9.92. The number of halogens is 2. The van der Waals surface area contributed by atoms with Gasteiger partial charge in [-0.05, 0) is 6.42 Å². The van der Waals surface area contributed by atoms with Crippen LogP contribution in [0, 0.1) is 0 Å². The van der Waals surface area contributed by atoms with E-state index in [1.807, 2.05) is 0 Å². The van der Waals surface area contributed by atoms with E-state index in [0.29, 0.717) is 0 Å². The topological polar surface area (TPSA) is 40.5 Å². The summed E-state index contributed by atoms with van der Waals surface area (Å²) in [5, 5.41) is 17.6. The Kier molecular flexibility index (Phi) is 1.92. The molecule has 0 radical (unpaired) electrons. The third-order valence-corrected chi connectivity index (χ3v) is 1.76. The van der Waals surface area contributed by atoms with Crippen LogP contribution in [0.1, 0.15) is 19.3 Å². The smallest absolute Gasteiger partial charge is 0.250 e. The highest BCUT2D eigenvalue weighted by atomic mass is 19.3. The maximum atomic E-state index is 12.4. The minimum atomic E-state index is -2.78. The van der Waals surface area contributed by atoms with Gasteiger partial charge in [0, 0.05) is 12.8 Å². The van der Waals surface area contributed by atoms with Gasteiger partial charge in [-0.2, -0.15) is 0 Å². The van der Waals surface area contributed by atoms with Crippen LogP contribution < -0.4 is 0 Å². The van der Waals surface area contributed by atoms with Crippen LogP contribution in [-0.2, 0) is 0 Å². The van der Waals surface area contributed by atoms with E-state index >= 15 is 0 Å². The van der Waals surface area contributed by atoms with Crippen LogP contribution in [-0.4, -0.2) is 28.3 Å². The molecular weight excluding hydrogens is 142 g/mol. The molecule has 0 amide bonds. The van der Waals surface area contributed by atoms with Crippen molar-refractivity contribution in [2.45, 2.75) is 37.4 Å². The number of alkyl halides is 2. The van der Waals surface area contributed by atoms with Gasteiger partial charge in [-0.3, -0.25) is 0 Å². The number of rotatable bonds is 0. The summed E-state index contributed by atoms with van der Waals surface area (Å²) in [4.78, 5) is 0. The fraction of sp³-hybridized carbons (Fsp3) is 1.00. The van der Waals surface area contributed by atoms with Gasteiger partial charge in [0.25, 0.3) is 5.92 Å². The summed E-state index contributed by atoms with van der Waals surface area (Å²) in [6, 6.07) is 0. The second kappa shape index (κ2) is 2.43.